The van der Waals surface area contributed by atoms with Crippen molar-refractivity contribution in [3.63, 3.8) is 0 Å². The molecule has 6 atom stereocenters. The first kappa shape index (κ1) is 28.8. The quantitative estimate of drug-likeness (QED) is 0.182. The molecular formula is C48H45NS. The standard InChI is InChI=1S/C48H45NS/c1-45(2)21-22-46(3,4)44-35(45)14-9-16-38(44)49(37-15-10-18-40-43(37)33-12-6-8-17-39(33)50-40)30-19-20-32-31-11-5-7-13-34(31)48(36(32)26-30)41-24-28-23-29-25-42(48)47(29,41)27-28/h5-20,26,28-29,41-42H,21-25,27H2,1-4H3. The van der Waals surface area contributed by atoms with Crippen LogP contribution in [0.2, 0.25) is 0 Å². The van der Waals surface area contributed by atoms with Crippen molar-refractivity contribution in [2.75, 3.05) is 4.90 Å². The number of fused-ring (bicyclic) bond motifs is 12. The summed E-state index contributed by atoms with van der Waals surface area (Å²) >= 11 is 1.93. The van der Waals surface area contributed by atoms with Gasteiger partial charge in [-0.25, -0.2) is 0 Å². The first-order chi connectivity index (χ1) is 24.2. The van der Waals surface area contributed by atoms with Crippen molar-refractivity contribution in [1.82, 2.24) is 0 Å². The lowest BCUT2D eigenvalue weighted by Gasteiger charge is -2.76. The first-order valence-electron chi connectivity index (χ1n) is 19.3. The van der Waals surface area contributed by atoms with Crippen LogP contribution in [0.5, 0.6) is 0 Å². The first-order valence-corrected chi connectivity index (χ1v) is 20.1. The predicted molar refractivity (Wildman–Crippen MR) is 210 cm³/mol. The van der Waals surface area contributed by atoms with E-state index in [1.807, 2.05) is 11.3 Å². The van der Waals surface area contributed by atoms with Gasteiger partial charge in [0.05, 0.1) is 11.4 Å². The van der Waals surface area contributed by atoms with Crippen LogP contribution in [0.4, 0.5) is 17.1 Å². The van der Waals surface area contributed by atoms with Crippen LogP contribution in [-0.2, 0) is 16.2 Å². The number of benzene rings is 5. The number of thiophene rings is 1. The van der Waals surface area contributed by atoms with Crippen LogP contribution in [0.15, 0.2) is 103 Å². The zero-order valence-corrected chi connectivity index (χ0v) is 30.5. The zero-order valence-electron chi connectivity index (χ0n) is 29.7. The summed E-state index contributed by atoms with van der Waals surface area (Å²) in [5.74, 6) is 3.55. The SMILES string of the molecule is CC1(C)CCC(C)(C)c2c(N(c3ccc4c(c3)C3(c5ccccc5-4)C4CC5CC6CC3C64C5)c3cccc4sc5ccccc5c34)cccc21. The maximum Gasteiger partial charge on any atom is 0.0554 e. The Morgan fingerprint density at radius 1 is 0.620 bits per heavy atom. The summed E-state index contributed by atoms with van der Waals surface area (Å²) in [7, 11) is 0. The van der Waals surface area contributed by atoms with Crippen molar-refractivity contribution in [2.45, 2.75) is 82.5 Å². The molecule has 0 N–H and O–H groups in total. The van der Waals surface area contributed by atoms with E-state index in [0.717, 1.165) is 23.7 Å². The highest BCUT2D eigenvalue weighted by Crippen LogP contribution is 2.89. The molecule has 2 spiro atoms. The summed E-state index contributed by atoms with van der Waals surface area (Å²) in [5, 5.41) is 2.75. The molecule has 5 aromatic carbocycles. The second-order valence-electron chi connectivity index (χ2n) is 18.4. The van der Waals surface area contributed by atoms with Gasteiger partial charge in [-0.1, -0.05) is 94.4 Å². The van der Waals surface area contributed by atoms with Gasteiger partial charge in [0.25, 0.3) is 0 Å². The number of rotatable bonds is 3. The second kappa shape index (κ2) is 9.12. The van der Waals surface area contributed by atoms with E-state index in [1.54, 1.807) is 11.1 Å². The number of anilines is 3. The molecule has 4 saturated carbocycles. The molecule has 0 saturated heterocycles. The fraction of sp³-hybridized carbons (Fsp3) is 0.375. The fourth-order valence-corrected chi connectivity index (χ4v) is 14.8. The Bertz CT molecular complexity index is 2460. The molecule has 1 aromatic heterocycles. The van der Waals surface area contributed by atoms with Gasteiger partial charge in [-0.05, 0) is 148 Å². The molecular weight excluding hydrogens is 623 g/mol. The highest BCUT2D eigenvalue weighted by atomic mass is 32.1. The minimum Gasteiger partial charge on any atom is -0.310 e. The molecule has 0 radical (unpaired) electrons. The second-order valence-corrected chi connectivity index (χ2v) is 19.5. The third-order valence-electron chi connectivity index (χ3n) is 15.6. The van der Waals surface area contributed by atoms with Gasteiger partial charge >= 0.3 is 0 Å². The maximum atomic E-state index is 2.71. The summed E-state index contributed by atoms with van der Waals surface area (Å²) in [6.45, 7) is 9.92. The third-order valence-corrected chi connectivity index (χ3v) is 16.7. The molecule has 12 rings (SSSR count). The molecule has 2 heteroatoms. The van der Waals surface area contributed by atoms with E-state index < -0.39 is 0 Å². The van der Waals surface area contributed by atoms with Crippen molar-refractivity contribution in [2.24, 2.45) is 29.1 Å². The lowest BCUT2D eigenvalue weighted by atomic mass is 9.27. The Hall–Kier alpha value is -3.88. The summed E-state index contributed by atoms with van der Waals surface area (Å²) in [4.78, 5) is 2.71. The van der Waals surface area contributed by atoms with Crippen LogP contribution in [0.3, 0.4) is 0 Å². The van der Waals surface area contributed by atoms with Crippen LogP contribution < -0.4 is 4.90 Å². The molecule has 2 bridgehead atoms. The molecule has 4 fully saturated rings. The van der Waals surface area contributed by atoms with Gasteiger partial charge in [0.1, 0.15) is 0 Å². The summed E-state index contributed by atoms with van der Waals surface area (Å²) in [6, 6.07) is 40.6. The highest BCUT2D eigenvalue weighted by molar-refractivity contribution is 7.26. The van der Waals surface area contributed by atoms with E-state index in [9.17, 15) is 0 Å². The highest BCUT2D eigenvalue weighted by Gasteiger charge is 2.84. The average Bonchev–Trinajstić information content (AvgIpc) is 3.85. The molecule has 1 heterocycles. The number of nitrogens with zero attached hydrogens (tertiary/aromatic N) is 1. The Balaban J connectivity index is 1.15. The van der Waals surface area contributed by atoms with Gasteiger partial charge in [0.15, 0.2) is 0 Å². The molecule has 50 heavy (non-hydrogen) atoms. The van der Waals surface area contributed by atoms with E-state index >= 15 is 0 Å². The Morgan fingerprint density at radius 2 is 1.34 bits per heavy atom. The topological polar surface area (TPSA) is 3.24 Å². The Kier molecular flexibility index (Phi) is 5.25. The molecule has 6 aliphatic carbocycles. The monoisotopic (exact) mass is 667 g/mol. The normalized spacial score (nSPS) is 31.2. The van der Waals surface area contributed by atoms with Crippen LogP contribution in [0.25, 0.3) is 31.3 Å². The van der Waals surface area contributed by atoms with Gasteiger partial charge in [0.2, 0.25) is 0 Å². The van der Waals surface area contributed by atoms with Crippen LogP contribution >= 0.6 is 11.3 Å². The average molecular weight is 668 g/mol. The molecule has 6 unspecified atom stereocenters. The summed E-state index contributed by atoms with van der Waals surface area (Å²) < 4.78 is 2.73. The fourth-order valence-electron chi connectivity index (χ4n) is 13.7. The minimum absolute atomic E-state index is 0.0723. The molecule has 0 aliphatic heterocycles. The number of hydrogen-bond donors (Lipinski definition) is 0. The Labute approximate surface area is 300 Å². The minimum atomic E-state index is 0.0723. The van der Waals surface area contributed by atoms with E-state index in [2.05, 4.69) is 136 Å². The van der Waals surface area contributed by atoms with E-state index in [-0.39, 0.29) is 16.2 Å². The lowest BCUT2D eigenvalue weighted by Crippen LogP contribution is -2.73. The van der Waals surface area contributed by atoms with Gasteiger partial charge in [-0.3, -0.25) is 0 Å². The van der Waals surface area contributed by atoms with Crippen molar-refractivity contribution in [3.8, 4) is 11.1 Å². The summed E-state index contributed by atoms with van der Waals surface area (Å²) in [6.07, 6.45) is 8.30. The molecule has 0 amide bonds. The van der Waals surface area contributed by atoms with Gasteiger partial charge in [-0.2, -0.15) is 0 Å². The van der Waals surface area contributed by atoms with Gasteiger partial charge < -0.3 is 4.90 Å². The van der Waals surface area contributed by atoms with Crippen molar-refractivity contribution in [1.29, 1.82) is 0 Å². The smallest absolute Gasteiger partial charge is 0.0554 e. The van der Waals surface area contributed by atoms with E-state index in [0.29, 0.717) is 5.41 Å². The largest absolute Gasteiger partial charge is 0.310 e. The van der Waals surface area contributed by atoms with E-state index in [4.69, 9.17) is 0 Å². The lowest BCUT2D eigenvalue weighted by molar-refractivity contribution is -0.231. The van der Waals surface area contributed by atoms with Crippen molar-refractivity contribution < 1.29 is 0 Å². The Morgan fingerprint density at radius 3 is 2.24 bits per heavy atom. The number of hydrogen-bond acceptors (Lipinski definition) is 2. The van der Waals surface area contributed by atoms with Crippen LogP contribution in [0, 0.1) is 29.1 Å². The van der Waals surface area contributed by atoms with E-state index in [1.165, 1.54) is 98.0 Å². The molecule has 248 valence electrons. The van der Waals surface area contributed by atoms with Crippen molar-refractivity contribution >= 4 is 48.6 Å². The van der Waals surface area contributed by atoms with Crippen molar-refractivity contribution in [3.05, 3.63) is 125 Å². The summed E-state index contributed by atoms with van der Waals surface area (Å²) in [5.41, 5.74) is 14.4. The maximum absolute atomic E-state index is 2.71. The van der Waals surface area contributed by atoms with Gasteiger partial charge in [0, 0.05) is 31.3 Å². The zero-order chi connectivity index (χ0) is 33.4. The third kappa shape index (κ3) is 3.16. The molecule has 6 aromatic rings. The predicted octanol–water partition coefficient (Wildman–Crippen LogP) is 13.2. The molecule has 1 nitrogen and oxygen atoms in total. The van der Waals surface area contributed by atoms with Gasteiger partial charge in [-0.15, -0.1) is 11.3 Å². The molecule has 6 aliphatic rings. The van der Waals surface area contributed by atoms with Crippen LogP contribution in [0.1, 0.15) is 88.5 Å². The van der Waals surface area contributed by atoms with Crippen LogP contribution in [-0.4, -0.2) is 0 Å².